The summed E-state index contributed by atoms with van der Waals surface area (Å²) in [6.45, 7) is 4.36. The molecule has 178 valence electrons. The van der Waals surface area contributed by atoms with Crippen LogP contribution in [0.5, 0.6) is 0 Å². The van der Waals surface area contributed by atoms with Crippen molar-refractivity contribution in [1.82, 2.24) is 19.3 Å². The Morgan fingerprint density at radius 3 is 2.29 bits per heavy atom. The summed E-state index contributed by atoms with van der Waals surface area (Å²) in [5, 5.41) is 14.8. The van der Waals surface area contributed by atoms with Crippen LogP contribution in [0.1, 0.15) is 25.5 Å². The van der Waals surface area contributed by atoms with Crippen molar-refractivity contribution in [3.8, 4) is 5.69 Å². The Hall–Kier alpha value is -4.15. The quantitative estimate of drug-likeness (QED) is 0.441. The monoisotopic (exact) mass is 473 g/mol. The predicted octanol–water partition coefficient (Wildman–Crippen LogP) is 4.62. The van der Waals surface area contributed by atoms with Gasteiger partial charge in [0.15, 0.2) is 0 Å². The average molecular weight is 473 g/mol. The number of nitrogens with one attached hydrogen (secondary N) is 1. The highest BCUT2D eigenvalue weighted by atomic mass is 19.4. The number of halogens is 3. The standard InChI is InChI=1S/C21H21N5O.C2HF3O2/c1-15(2)18-12-20(26(24-18)16-8-4-3-5-9-16)23-21(27)13-25-14-22-17-10-6-7-11-19(17)25;3-2(4,5)1(6)7/h3-12,14-15H,13H2,1-2H3,(H,23,27);(H,6,7). The van der Waals surface area contributed by atoms with Gasteiger partial charge in [-0.15, -0.1) is 0 Å². The third kappa shape index (κ3) is 6.00. The molecule has 0 aliphatic carbocycles. The van der Waals surface area contributed by atoms with Crippen LogP contribution in [0.15, 0.2) is 67.0 Å². The van der Waals surface area contributed by atoms with E-state index in [0.717, 1.165) is 22.4 Å². The summed E-state index contributed by atoms with van der Waals surface area (Å²) in [7, 11) is 0. The van der Waals surface area contributed by atoms with Crippen molar-refractivity contribution in [3.63, 3.8) is 0 Å². The van der Waals surface area contributed by atoms with Crippen LogP contribution in [-0.2, 0) is 16.1 Å². The van der Waals surface area contributed by atoms with Gasteiger partial charge in [-0.2, -0.15) is 18.3 Å². The van der Waals surface area contributed by atoms with Crippen LogP contribution in [0.2, 0.25) is 0 Å². The van der Waals surface area contributed by atoms with Crippen LogP contribution >= 0.6 is 0 Å². The number of hydrogen-bond donors (Lipinski definition) is 2. The van der Waals surface area contributed by atoms with Gasteiger partial charge in [0, 0.05) is 6.07 Å². The maximum absolute atomic E-state index is 12.7. The summed E-state index contributed by atoms with van der Waals surface area (Å²) in [5.74, 6) is -1.94. The minimum Gasteiger partial charge on any atom is -0.475 e. The summed E-state index contributed by atoms with van der Waals surface area (Å²) < 4.78 is 35.4. The van der Waals surface area contributed by atoms with E-state index >= 15 is 0 Å². The number of hydrogen-bond acceptors (Lipinski definition) is 4. The zero-order valence-corrected chi connectivity index (χ0v) is 18.3. The molecule has 8 nitrogen and oxygen atoms in total. The topological polar surface area (TPSA) is 102 Å². The molecule has 2 heterocycles. The summed E-state index contributed by atoms with van der Waals surface area (Å²) in [6, 6.07) is 19.5. The Morgan fingerprint density at radius 1 is 1.06 bits per heavy atom. The second-order valence-electron chi connectivity index (χ2n) is 7.57. The largest absolute Gasteiger partial charge is 0.490 e. The van der Waals surface area contributed by atoms with Crippen LogP contribution in [0.25, 0.3) is 16.7 Å². The first kappa shape index (κ1) is 24.5. The number of benzene rings is 2. The Kier molecular flexibility index (Phi) is 7.34. The lowest BCUT2D eigenvalue weighted by molar-refractivity contribution is -0.192. The molecular formula is C23H22F3N5O3. The Morgan fingerprint density at radius 2 is 1.68 bits per heavy atom. The van der Waals surface area contributed by atoms with Crippen LogP contribution in [0, 0.1) is 0 Å². The van der Waals surface area contributed by atoms with Crippen molar-refractivity contribution in [3.05, 3.63) is 72.7 Å². The van der Waals surface area contributed by atoms with Crippen molar-refractivity contribution in [2.45, 2.75) is 32.5 Å². The second kappa shape index (κ2) is 10.2. The maximum Gasteiger partial charge on any atom is 0.490 e. The average Bonchev–Trinajstić information content (AvgIpc) is 3.39. The van der Waals surface area contributed by atoms with E-state index in [2.05, 4.69) is 29.2 Å². The van der Waals surface area contributed by atoms with Gasteiger partial charge in [-0.3, -0.25) is 4.79 Å². The number of nitrogens with zero attached hydrogens (tertiary/aromatic N) is 4. The number of imidazole rings is 1. The van der Waals surface area contributed by atoms with Gasteiger partial charge in [-0.25, -0.2) is 14.5 Å². The molecule has 0 aliphatic rings. The number of aliphatic carboxylic acids is 1. The highest BCUT2D eigenvalue weighted by Crippen LogP contribution is 2.22. The van der Waals surface area contributed by atoms with Crippen LogP contribution in [-0.4, -0.2) is 42.5 Å². The lowest BCUT2D eigenvalue weighted by Crippen LogP contribution is -2.21. The third-order valence-corrected chi connectivity index (χ3v) is 4.67. The second-order valence-corrected chi connectivity index (χ2v) is 7.57. The Labute approximate surface area is 192 Å². The highest BCUT2D eigenvalue weighted by Gasteiger charge is 2.38. The number of carboxylic acids is 1. The molecule has 2 aromatic carbocycles. The van der Waals surface area contributed by atoms with Crippen molar-refractivity contribution in [2.75, 3.05) is 5.32 Å². The predicted molar refractivity (Wildman–Crippen MR) is 120 cm³/mol. The van der Waals surface area contributed by atoms with E-state index < -0.39 is 12.1 Å². The SMILES string of the molecule is CC(C)c1cc(NC(=O)Cn2cnc3ccccc32)n(-c2ccccc2)n1.O=C(O)C(F)(F)F. The number of anilines is 1. The number of fused-ring (bicyclic) bond motifs is 1. The first-order valence-corrected chi connectivity index (χ1v) is 10.2. The smallest absolute Gasteiger partial charge is 0.475 e. The number of alkyl halides is 3. The zero-order valence-electron chi connectivity index (χ0n) is 18.3. The molecule has 0 bridgehead atoms. The van der Waals surface area contributed by atoms with E-state index in [4.69, 9.17) is 9.90 Å². The molecule has 34 heavy (non-hydrogen) atoms. The van der Waals surface area contributed by atoms with Crippen molar-refractivity contribution in [1.29, 1.82) is 0 Å². The molecule has 1 amide bonds. The zero-order chi connectivity index (χ0) is 24.9. The number of amides is 1. The number of carboxylic acid groups (broad SMARTS) is 1. The molecule has 4 rings (SSSR count). The van der Waals surface area contributed by atoms with Gasteiger partial charge in [-0.1, -0.05) is 44.2 Å². The Bertz CT molecular complexity index is 1280. The molecular weight excluding hydrogens is 451 g/mol. The van der Waals surface area contributed by atoms with Gasteiger partial charge in [-0.05, 0) is 30.2 Å². The molecule has 0 aliphatic heterocycles. The van der Waals surface area contributed by atoms with Gasteiger partial charge < -0.3 is 15.0 Å². The minimum atomic E-state index is -5.08. The molecule has 2 aromatic heterocycles. The molecule has 11 heteroatoms. The third-order valence-electron chi connectivity index (χ3n) is 4.67. The first-order chi connectivity index (χ1) is 16.1. The number of rotatable bonds is 5. The van der Waals surface area contributed by atoms with Gasteiger partial charge >= 0.3 is 12.1 Å². The van der Waals surface area contributed by atoms with Crippen molar-refractivity contribution in [2.24, 2.45) is 0 Å². The van der Waals surface area contributed by atoms with E-state index in [-0.39, 0.29) is 18.4 Å². The molecule has 2 N–H and O–H groups in total. The molecule has 0 unspecified atom stereocenters. The fraction of sp³-hybridized carbons (Fsp3) is 0.217. The van der Waals surface area contributed by atoms with E-state index in [1.54, 1.807) is 11.0 Å². The van der Waals surface area contributed by atoms with Crippen LogP contribution in [0.3, 0.4) is 0 Å². The van der Waals surface area contributed by atoms with Gasteiger partial charge in [0.1, 0.15) is 12.4 Å². The normalized spacial score (nSPS) is 11.2. The fourth-order valence-corrected chi connectivity index (χ4v) is 3.01. The minimum absolute atomic E-state index is 0.120. The van der Waals surface area contributed by atoms with Gasteiger partial charge in [0.2, 0.25) is 5.91 Å². The summed E-state index contributed by atoms with van der Waals surface area (Å²) in [6.07, 6.45) is -3.39. The lowest BCUT2D eigenvalue weighted by atomic mass is 10.1. The number of para-hydroxylation sites is 3. The van der Waals surface area contributed by atoms with E-state index in [0.29, 0.717) is 5.82 Å². The first-order valence-electron chi connectivity index (χ1n) is 10.2. The highest BCUT2D eigenvalue weighted by molar-refractivity contribution is 5.91. The number of carbonyl (C=O) groups excluding carboxylic acids is 1. The molecule has 0 saturated carbocycles. The molecule has 0 radical (unpaired) electrons. The maximum atomic E-state index is 12.7. The van der Waals surface area contributed by atoms with E-state index in [1.165, 1.54) is 0 Å². The fourth-order valence-electron chi connectivity index (χ4n) is 3.01. The van der Waals surface area contributed by atoms with Gasteiger partial charge in [0.05, 0.1) is 28.7 Å². The van der Waals surface area contributed by atoms with Crippen LogP contribution in [0.4, 0.5) is 19.0 Å². The lowest BCUT2D eigenvalue weighted by Gasteiger charge is -2.09. The van der Waals surface area contributed by atoms with Crippen LogP contribution < -0.4 is 5.32 Å². The van der Waals surface area contributed by atoms with Crippen molar-refractivity contribution < 1.29 is 27.9 Å². The van der Waals surface area contributed by atoms with E-state index in [9.17, 15) is 18.0 Å². The molecule has 0 fully saturated rings. The number of aromatic nitrogens is 4. The molecule has 0 spiro atoms. The number of carbonyl (C=O) groups is 2. The van der Waals surface area contributed by atoms with E-state index in [1.807, 2.05) is 65.2 Å². The Balaban J connectivity index is 0.000000406. The molecule has 0 atom stereocenters. The summed E-state index contributed by atoms with van der Waals surface area (Å²) >= 11 is 0. The van der Waals surface area contributed by atoms with Gasteiger partial charge in [0.25, 0.3) is 0 Å². The molecule has 4 aromatic rings. The molecule has 0 saturated heterocycles. The summed E-state index contributed by atoms with van der Waals surface area (Å²) in [5.41, 5.74) is 3.66. The summed E-state index contributed by atoms with van der Waals surface area (Å²) in [4.78, 5) is 25.9. The van der Waals surface area contributed by atoms with Crippen molar-refractivity contribution >= 4 is 28.7 Å².